The van der Waals surface area contributed by atoms with Crippen LogP contribution in [0.3, 0.4) is 0 Å². The molecule has 2 heterocycles. The van der Waals surface area contributed by atoms with Gasteiger partial charge in [0.15, 0.2) is 5.43 Å². The quantitative estimate of drug-likeness (QED) is 0.648. The van der Waals surface area contributed by atoms with Gasteiger partial charge in [-0.25, -0.2) is 0 Å². The van der Waals surface area contributed by atoms with Crippen molar-refractivity contribution in [2.24, 2.45) is 0 Å². The second-order valence-electron chi connectivity index (χ2n) is 5.22. The topological polar surface area (TPSA) is 22.0 Å². The van der Waals surface area contributed by atoms with E-state index in [-0.39, 0.29) is 5.43 Å². The van der Waals surface area contributed by atoms with Gasteiger partial charge >= 0.3 is 0 Å². The van der Waals surface area contributed by atoms with Gasteiger partial charge in [-0.05, 0) is 31.9 Å². The summed E-state index contributed by atoms with van der Waals surface area (Å²) in [4.78, 5) is 14.7. The summed E-state index contributed by atoms with van der Waals surface area (Å²) >= 11 is 1.71. The molecule has 2 aromatic heterocycles. The highest BCUT2D eigenvalue weighted by Gasteiger charge is 2.13. The number of fused-ring (bicyclic) bond motifs is 1. The molecule has 0 unspecified atom stereocenters. The lowest BCUT2D eigenvalue weighted by Crippen LogP contribution is -2.12. The molecule has 0 radical (unpaired) electrons. The Balaban J connectivity index is 0.000000847. The Morgan fingerprint density at radius 2 is 1.68 bits per heavy atom. The number of aryl methyl sites for hydroxylation is 3. The first-order chi connectivity index (χ1) is 10.6. The van der Waals surface area contributed by atoms with Crippen LogP contribution in [0.1, 0.15) is 35.4 Å². The van der Waals surface area contributed by atoms with Crippen LogP contribution in [0, 0.1) is 20.8 Å². The van der Waals surface area contributed by atoms with Gasteiger partial charge in [-0.15, -0.1) is 11.3 Å². The molecule has 3 heteroatoms. The van der Waals surface area contributed by atoms with Crippen LogP contribution in [-0.2, 0) is 6.54 Å². The van der Waals surface area contributed by atoms with Crippen LogP contribution < -0.4 is 5.43 Å². The van der Waals surface area contributed by atoms with Gasteiger partial charge in [-0.3, -0.25) is 4.79 Å². The molecule has 0 amide bonds. The summed E-state index contributed by atoms with van der Waals surface area (Å²) < 4.78 is 2.20. The molecular formula is C19H23NOS. The number of rotatable bonds is 2. The molecule has 3 rings (SSSR count). The summed E-state index contributed by atoms with van der Waals surface area (Å²) in [6.45, 7) is 10.8. The Labute approximate surface area is 136 Å². The van der Waals surface area contributed by atoms with Crippen LogP contribution in [0.5, 0.6) is 0 Å². The second-order valence-corrected chi connectivity index (χ2v) is 6.42. The fourth-order valence-corrected chi connectivity index (χ4v) is 3.65. The lowest BCUT2D eigenvalue weighted by Gasteiger charge is -2.10. The number of nitrogens with zero attached hydrogens (tertiary/aromatic N) is 1. The zero-order chi connectivity index (χ0) is 16.3. The molecule has 0 atom stereocenters. The molecule has 0 saturated heterocycles. The molecule has 0 aliphatic heterocycles. The predicted octanol–water partition coefficient (Wildman–Crippen LogP) is 5.06. The number of benzene rings is 1. The first kappa shape index (κ1) is 16.5. The number of pyridine rings is 1. The monoisotopic (exact) mass is 313 g/mol. The van der Waals surface area contributed by atoms with E-state index < -0.39 is 0 Å². The highest BCUT2D eigenvalue weighted by Crippen LogP contribution is 2.28. The van der Waals surface area contributed by atoms with Gasteiger partial charge in [0.1, 0.15) is 4.83 Å². The van der Waals surface area contributed by atoms with Gasteiger partial charge < -0.3 is 4.57 Å². The van der Waals surface area contributed by atoms with E-state index in [2.05, 4.69) is 23.6 Å². The van der Waals surface area contributed by atoms with Crippen LogP contribution in [0.2, 0.25) is 0 Å². The van der Waals surface area contributed by atoms with Crippen molar-refractivity contribution < 1.29 is 0 Å². The van der Waals surface area contributed by atoms with Crippen molar-refractivity contribution >= 4 is 21.6 Å². The van der Waals surface area contributed by atoms with Gasteiger partial charge in [0.2, 0.25) is 0 Å². The Hall–Kier alpha value is -1.87. The molecule has 1 aromatic carbocycles. The predicted molar refractivity (Wildman–Crippen MR) is 97.2 cm³/mol. The zero-order valence-corrected chi connectivity index (χ0v) is 14.8. The summed E-state index contributed by atoms with van der Waals surface area (Å²) in [6.07, 6.45) is 1.98. The number of hydrogen-bond acceptors (Lipinski definition) is 2. The molecule has 0 spiro atoms. The van der Waals surface area contributed by atoms with Gasteiger partial charge in [0.05, 0.1) is 5.39 Å². The molecule has 2 nitrogen and oxygen atoms in total. The summed E-state index contributed by atoms with van der Waals surface area (Å²) in [7, 11) is 0. The molecule has 0 bridgehead atoms. The number of thiophene rings is 1. The van der Waals surface area contributed by atoms with Crippen molar-refractivity contribution in [1.29, 1.82) is 0 Å². The second kappa shape index (κ2) is 6.93. The van der Waals surface area contributed by atoms with Crippen LogP contribution in [0.25, 0.3) is 10.2 Å². The maximum absolute atomic E-state index is 12.4. The zero-order valence-electron chi connectivity index (χ0n) is 13.9. The summed E-state index contributed by atoms with van der Waals surface area (Å²) in [5.41, 5.74) is 3.36. The minimum atomic E-state index is 0.172. The Kier molecular flexibility index (Phi) is 5.19. The summed E-state index contributed by atoms with van der Waals surface area (Å²) in [5.74, 6) is 0. The van der Waals surface area contributed by atoms with Crippen molar-refractivity contribution in [3.05, 3.63) is 68.3 Å². The van der Waals surface area contributed by atoms with E-state index in [1.165, 1.54) is 10.4 Å². The Morgan fingerprint density at radius 3 is 2.32 bits per heavy atom. The molecular weight excluding hydrogens is 290 g/mol. The third kappa shape index (κ3) is 3.00. The van der Waals surface area contributed by atoms with Crippen molar-refractivity contribution in [3.8, 4) is 0 Å². The van der Waals surface area contributed by atoms with Crippen molar-refractivity contribution in [2.45, 2.75) is 41.2 Å². The highest BCUT2D eigenvalue weighted by molar-refractivity contribution is 7.18. The van der Waals surface area contributed by atoms with E-state index in [1.807, 2.05) is 52.1 Å². The molecule has 0 saturated carbocycles. The fraction of sp³-hybridized carbons (Fsp3) is 0.316. The van der Waals surface area contributed by atoms with Gasteiger partial charge in [0, 0.05) is 23.2 Å². The van der Waals surface area contributed by atoms with Crippen molar-refractivity contribution in [2.75, 3.05) is 0 Å². The maximum atomic E-state index is 12.4. The van der Waals surface area contributed by atoms with E-state index in [9.17, 15) is 4.79 Å². The standard InChI is InChI=1S/C17H17NOS.C2H6/c1-11-9-18(10-14-7-5-4-6-8-14)17-15(16(11)19)12(2)13(3)20-17;1-2/h4-9H,10H2,1-3H3;1-2H3. The van der Waals surface area contributed by atoms with Crippen LogP contribution in [0.4, 0.5) is 0 Å². The lowest BCUT2D eigenvalue weighted by atomic mass is 10.1. The van der Waals surface area contributed by atoms with E-state index in [4.69, 9.17) is 0 Å². The Bertz CT molecular complexity index is 828. The molecule has 0 aliphatic carbocycles. The fourth-order valence-electron chi connectivity index (χ4n) is 2.52. The molecule has 3 aromatic rings. The van der Waals surface area contributed by atoms with E-state index in [1.54, 1.807) is 11.3 Å². The first-order valence-electron chi connectivity index (χ1n) is 7.71. The first-order valence-corrected chi connectivity index (χ1v) is 8.53. The molecule has 0 aliphatic rings. The lowest BCUT2D eigenvalue weighted by molar-refractivity contribution is 0.826. The summed E-state index contributed by atoms with van der Waals surface area (Å²) in [6, 6.07) is 10.4. The molecule has 116 valence electrons. The van der Waals surface area contributed by atoms with Crippen LogP contribution in [0.15, 0.2) is 41.3 Å². The van der Waals surface area contributed by atoms with Crippen LogP contribution >= 0.6 is 11.3 Å². The van der Waals surface area contributed by atoms with Crippen molar-refractivity contribution in [3.63, 3.8) is 0 Å². The van der Waals surface area contributed by atoms with Gasteiger partial charge in [-0.1, -0.05) is 44.2 Å². The minimum Gasteiger partial charge on any atom is -0.334 e. The number of hydrogen-bond donors (Lipinski definition) is 0. The largest absolute Gasteiger partial charge is 0.334 e. The third-order valence-electron chi connectivity index (χ3n) is 3.76. The van der Waals surface area contributed by atoms with E-state index >= 15 is 0 Å². The SMILES string of the molecule is CC.Cc1sc2c(c1C)c(=O)c(C)cn2Cc1ccccc1. The molecule has 0 fully saturated rings. The van der Waals surface area contributed by atoms with Crippen LogP contribution in [-0.4, -0.2) is 4.57 Å². The minimum absolute atomic E-state index is 0.172. The van der Waals surface area contributed by atoms with E-state index in [0.29, 0.717) is 0 Å². The highest BCUT2D eigenvalue weighted by atomic mass is 32.1. The Morgan fingerprint density at radius 1 is 1.05 bits per heavy atom. The molecule has 22 heavy (non-hydrogen) atoms. The smallest absolute Gasteiger partial charge is 0.193 e. The number of aromatic nitrogens is 1. The summed E-state index contributed by atoms with van der Waals surface area (Å²) in [5, 5.41) is 0.892. The normalized spacial score (nSPS) is 10.4. The average molecular weight is 313 g/mol. The van der Waals surface area contributed by atoms with Gasteiger partial charge in [-0.2, -0.15) is 0 Å². The van der Waals surface area contributed by atoms with Gasteiger partial charge in [0.25, 0.3) is 0 Å². The van der Waals surface area contributed by atoms with E-state index in [0.717, 1.165) is 27.9 Å². The van der Waals surface area contributed by atoms with Crippen molar-refractivity contribution in [1.82, 2.24) is 4.57 Å². The third-order valence-corrected chi connectivity index (χ3v) is 5.00. The molecule has 0 N–H and O–H groups in total. The maximum Gasteiger partial charge on any atom is 0.193 e. The average Bonchev–Trinajstić information content (AvgIpc) is 2.84.